The molecular formula is C23H20F3N5O3S. The second kappa shape index (κ2) is 8.81. The van der Waals surface area contributed by atoms with E-state index in [1.165, 1.54) is 32.4 Å². The van der Waals surface area contributed by atoms with Crippen molar-refractivity contribution in [1.82, 2.24) is 15.0 Å². The maximum Gasteiger partial charge on any atom is 0.433 e. The van der Waals surface area contributed by atoms with Crippen molar-refractivity contribution in [1.29, 1.82) is 5.26 Å². The number of nitriles is 1. The van der Waals surface area contributed by atoms with Crippen molar-refractivity contribution in [2.75, 3.05) is 17.6 Å². The maximum atomic E-state index is 13.4. The highest BCUT2D eigenvalue weighted by Gasteiger charge is 2.37. The maximum absolute atomic E-state index is 13.4. The summed E-state index contributed by atoms with van der Waals surface area (Å²) in [7, 11) is -2.40. The highest BCUT2D eigenvalue weighted by Crippen LogP contribution is 2.47. The van der Waals surface area contributed by atoms with Gasteiger partial charge in [-0.05, 0) is 49.6 Å². The minimum absolute atomic E-state index is 0.0849. The molecule has 182 valence electrons. The minimum atomic E-state index is -4.62. The van der Waals surface area contributed by atoms with Gasteiger partial charge in [-0.25, -0.2) is 18.4 Å². The summed E-state index contributed by atoms with van der Waals surface area (Å²) in [5.41, 5.74) is 0.532. The summed E-state index contributed by atoms with van der Waals surface area (Å²) >= 11 is 0. The van der Waals surface area contributed by atoms with E-state index in [4.69, 9.17) is 10.00 Å². The zero-order valence-electron chi connectivity index (χ0n) is 19.0. The average molecular weight is 504 g/mol. The van der Waals surface area contributed by atoms with Gasteiger partial charge in [0.2, 0.25) is 15.9 Å². The van der Waals surface area contributed by atoms with Crippen molar-refractivity contribution in [3.63, 3.8) is 0 Å². The van der Waals surface area contributed by atoms with Gasteiger partial charge in [0.1, 0.15) is 17.5 Å². The van der Waals surface area contributed by atoms with Crippen molar-refractivity contribution in [3.05, 3.63) is 59.2 Å². The third kappa shape index (κ3) is 5.19. The van der Waals surface area contributed by atoms with Gasteiger partial charge in [-0.15, -0.1) is 0 Å². The SMILES string of the molecule is Cc1cc(C(F)(F)F)nc(C2CC2)c1Oc1nc(-c2cncc(C#N)c2)ccc1N(C)S(C)(=O)=O. The van der Waals surface area contributed by atoms with Crippen molar-refractivity contribution in [2.24, 2.45) is 0 Å². The summed E-state index contributed by atoms with van der Waals surface area (Å²) in [6, 6.07) is 7.45. The van der Waals surface area contributed by atoms with Crippen molar-refractivity contribution >= 4 is 15.7 Å². The predicted molar refractivity (Wildman–Crippen MR) is 121 cm³/mol. The molecule has 3 heterocycles. The van der Waals surface area contributed by atoms with Gasteiger partial charge in [-0.3, -0.25) is 9.29 Å². The fourth-order valence-electron chi connectivity index (χ4n) is 3.42. The lowest BCUT2D eigenvalue weighted by Gasteiger charge is -2.22. The summed E-state index contributed by atoms with van der Waals surface area (Å²) in [6.07, 6.45) is 0.580. The first-order chi connectivity index (χ1) is 16.4. The summed E-state index contributed by atoms with van der Waals surface area (Å²) in [4.78, 5) is 12.3. The van der Waals surface area contributed by atoms with Gasteiger partial charge in [-0.2, -0.15) is 18.4 Å². The molecule has 12 heteroatoms. The number of sulfonamides is 1. The number of nitrogens with zero attached hydrogens (tertiary/aromatic N) is 5. The Bertz CT molecular complexity index is 1450. The molecule has 0 saturated heterocycles. The van der Waals surface area contributed by atoms with Crippen LogP contribution in [0.5, 0.6) is 11.6 Å². The van der Waals surface area contributed by atoms with Gasteiger partial charge in [0, 0.05) is 30.9 Å². The molecule has 1 aliphatic carbocycles. The van der Waals surface area contributed by atoms with E-state index < -0.39 is 21.9 Å². The molecule has 0 aromatic carbocycles. The monoisotopic (exact) mass is 503 g/mol. The molecule has 0 radical (unpaired) electrons. The van der Waals surface area contributed by atoms with Crippen LogP contribution in [0.4, 0.5) is 18.9 Å². The Balaban J connectivity index is 1.87. The first-order valence-corrected chi connectivity index (χ1v) is 12.3. The molecule has 0 bridgehead atoms. The second-order valence-electron chi connectivity index (χ2n) is 8.24. The normalized spacial score (nSPS) is 13.9. The van der Waals surface area contributed by atoms with E-state index in [-0.39, 0.29) is 34.5 Å². The van der Waals surface area contributed by atoms with Crippen LogP contribution in [0, 0.1) is 18.3 Å². The number of anilines is 1. The molecular weight excluding hydrogens is 483 g/mol. The number of halogens is 3. The van der Waals surface area contributed by atoms with E-state index in [0.29, 0.717) is 29.7 Å². The van der Waals surface area contributed by atoms with Crippen LogP contribution in [-0.2, 0) is 16.2 Å². The van der Waals surface area contributed by atoms with E-state index in [1.807, 2.05) is 6.07 Å². The zero-order valence-corrected chi connectivity index (χ0v) is 19.8. The third-order valence-electron chi connectivity index (χ3n) is 5.48. The molecule has 3 aromatic heterocycles. The number of alkyl halides is 3. The van der Waals surface area contributed by atoms with Gasteiger partial charge in [0.15, 0.2) is 5.75 Å². The van der Waals surface area contributed by atoms with Crippen LogP contribution < -0.4 is 9.04 Å². The number of hydrogen-bond donors (Lipinski definition) is 0. The van der Waals surface area contributed by atoms with E-state index in [2.05, 4.69) is 15.0 Å². The molecule has 0 amide bonds. The van der Waals surface area contributed by atoms with E-state index in [1.54, 1.807) is 12.1 Å². The standard InChI is InChI=1S/C23H20F3N5O3S/c1-13-8-19(23(24,25)26)30-20(15-4-5-15)21(13)34-22-18(31(2)35(3,32)33)7-6-17(29-22)16-9-14(10-27)11-28-12-16/h6-9,11-12,15H,4-5H2,1-3H3. The van der Waals surface area contributed by atoms with Crippen LogP contribution >= 0.6 is 0 Å². The summed E-state index contributed by atoms with van der Waals surface area (Å²) in [5, 5.41) is 9.17. The summed E-state index contributed by atoms with van der Waals surface area (Å²) < 4.78 is 71.6. The molecule has 35 heavy (non-hydrogen) atoms. The lowest BCUT2D eigenvalue weighted by Crippen LogP contribution is -2.25. The van der Waals surface area contributed by atoms with Gasteiger partial charge in [0.05, 0.1) is 23.2 Å². The van der Waals surface area contributed by atoms with E-state index >= 15 is 0 Å². The Kier molecular flexibility index (Phi) is 6.14. The van der Waals surface area contributed by atoms with Gasteiger partial charge in [0.25, 0.3) is 0 Å². The molecule has 8 nitrogen and oxygen atoms in total. The number of pyridine rings is 3. The zero-order chi connectivity index (χ0) is 25.5. The lowest BCUT2D eigenvalue weighted by molar-refractivity contribution is -0.141. The van der Waals surface area contributed by atoms with E-state index in [0.717, 1.165) is 16.6 Å². The van der Waals surface area contributed by atoms with Crippen LogP contribution in [0.15, 0.2) is 36.7 Å². The number of aryl methyl sites for hydroxylation is 1. The molecule has 0 aliphatic heterocycles. The fourth-order valence-corrected chi connectivity index (χ4v) is 3.92. The van der Waals surface area contributed by atoms with Crippen molar-refractivity contribution in [2.45, 2.75) is 31.9 Å². The molecule has 4 rings (SSSR count). The number of ether oxygens (including phenoxy) is 1. The first kappa shape index (κ1) is 24.4. The van der Waals surface area contributed by atoms with Gasteiger partial charge >= 0.3 is 6.18 Å². The lowest BCUT2D eigenvalue weighted by atomic mass is 10.1. The molecule has 1 saturated carbocycles. The highest BCUT2D eigenvalue weighted by atomic mass is 32.2. The Morgan fingerprint density at radius 3 is 2.49 bits per heavy atom. The summed E-state index contributed by atoms with van der Waals surface area (Å²) in [6.45, 7) is 1.47. The van der Waals surface area contributed by atoms with Gasteiger partial charge < -0.3 is 4.74 Å². The van der Waals surface area contributed by atoms with E-state index in [9.17, 15) is 21.6 Å². The van der Waals surface area contributed by atoms with Crippen LogP contribution in [0.1, 0.15) is 41.3 Å². The number of rotatable bonds is 6. The molecule has 1 aliphatic rings. The average Bonchev–Trinajstić information content (AvgIpc) is 3.64. The molecule has 0 spiro atoms. The Morgan fingerprint density at radius 1 is 1.17 bits per heavy atom. The predicted octanol–water partition coefficient (Wildman–Crippen LogP) is 4.80. The molecule has 1 fully saturated rings. The van der Waals surface area contributed by atoms with Crippen LogP contribution in [0.25, 0.3) is 11.3 Å². The Hall–Kier alpha value is -3.72. The topological polar surface area (TPSA) is 109 Å². The molecule has 0 atom stereocenters. The first-order valence-electron chi connectivity index (χ1n) is 10.5. The van der Waals surface area contributed by atoms with Crippen molar-refractivity contribution in [3.8, 4) is 29.0 Å². The minimum Gasteiger partial charge on any atom is -0.435 e. The largest absolute Gasteiger partial charge is 0.435 e. The smallest absolute Gasteiger partial charge is 0.433 e. The summed E-state index contributed by atoms with van der Waals surface area (Å²) in [5.74, 6) is -0.219. The Labute approximate surface area is 200 Å². The number of hydrogen-bond acceptors (Lipinski definition) is 7. The van der Waals surface area contributed by atoms with Crippen LogP contribution in [-0.4, -0.2) is 36.7 Å². The fraction of sp³-hybridized carbons (Fsp3) is 0.304. The van der Waals surface area contributed by atoms with Crippen molar-refractivity contribution < 1.29 is 26.3 Å². The highest BCUT2D eigenvalue weighted by molar-refractivity contribution is 7.92. The third-order valence-corrected chi connectivity index (χ3v) is 6.67. The van der Waals surface area contributed by atoms with Crippen LogP contribution in [0.3, 0.4) is 0 Å². The van der Waals surface area contributed by atoms with Gasteiger partial charge in [-0.1, -0.05) is 0 Å². The number of aromatic nitrogens is 3. The Morgan fingerprint density at radius 2 is 1.89 bits per heavy atom. The quantitative estimate of drug-likeness (QED) is 0.475. The second-order valence-corrected chi connectivity index (χ2v) is 10.3. The molecule has 0 unspecified atom stereocenters. The van der Waals surface area contributed by atoms with Crippen LogP contribution in [0.2, 0.25) is 0 Å². The molecule has 3 aromatic rings. The molecule has 0 N–H and O–H groups in total.